The molecule has 15 nitrogen and oxygen atoms in total. The highest BCUT2D eigenvalue weighted by molar-refractivity contribution is 5.98. The fourth-order valence-corrected chi connectivity index (χ4v) is 8.47. The average molecular weight is 786 g/mol. The molecule has 0 bridgehead atoms. The molecule has 15 heteroatoms. The number of carbonyl (C=O) groups is 7. The molecule has 8 atom stereocenters. The molecule has 57 heavy (non-hydrogen) atoms. The monoisotopic (exact) mass is 785 g/mol. The largest absolute Gasteiger partial charge is 0.458 e. The maximum atomic E-state index is 14.7. The van der Waals surface area contributed by atoms with E-state index in [0.29, 0.717) is 50.8 Å². The molecule has 0 aromatic heterocycles. The van der Waals surface area contributed by atoms with Crippen molar-refractivity contribution < 1.29 is 38.3 Å². The second-order valence-corrected chi connectivity index (χ2v) is 16.1. The van der Waals surface area contributed by atoms with Crippen molar-refractivity contribution in [2.45, 2.75) is 122 Å². The lowest BCUT2D eigenvalue weighted by atomic mass is 9.99. The van der Waals surface area contributed by atoms with Gasteiger partial charge in [-0.15, -0.1) is 0 Å². The summed E-state index contributed by atoms with van der Waals surface area (Å²) in [6.45, 7) is 9.58. The first-order valence-electron chi connectivity index (χ1n) is 20.1. The lowest BCUT2D eigenvalue weighted by Crippen LogP contribution is -2.63. The van der Waals surface area contributed by atoms with Gasteiger partial charge in [0, 0.05) is 31.7 Å². The zero-order chi connectivity index (χ0) is 41.0. The van der Waals surface area contributed by atoms with E-state index in [0.717, 1.165) is 16.7 Å². The lowest BCUT2D eigenvalue weighted by Gasteiger charge is -2.39. The van der Waals surface area contributed by atoms with Crippen molar-refractivity contribution in [2.75, 3.05) is 25.0 Å². The Hall–Kier alpha value is -5.47. The van der Waals surface area contributed by atoms with Crippen LogP contribution in [-0.2, 0) is 39.9 Å². The number of carbonyl (C=O) groups excluding carboxylic acids is 7. The number of hydrogen-bond donors (Lipinski definition) is 4. The number of benzene rings is 2. The van der Waals surface area contributed by atoms with Crippen LogP contribution in [0, 0.1) is 19.8 Å². The van der Waals surface area contributed by atoms with Crippen LogP contribution >= 0.6 is 0 Å². The molecule has 4 heterocycles. The van der Waals surface area contributed by atoms with Gasteiger partial charge in [-0.05, 0) is 89.8 Å². The SMILES string of the molecule is Cc1ccc(NC(=O)N[C@@H](Cc2cccc(C)c2)C(=O)N[C@@H]2C(=O)N3CCC[C@H]3C(=O)N3CCCC[C@H]3C(=O)N[C@@H](C)C(=O)N3C[C@@H](C)C[C@H]3C(=O)O[C@H]2C)cc1. The van der Waals surface area contributed by atoms with Crippen molar-refractivity contribution in [2.24, 2.45) is 5.92 Å². The Labute approximate surface area is 333 Å². The number of ether oxygens (including phenoxy) is 1. The van der Waals surface area contributed by atoms with Crippen molar-refractivity contribution in [3.05, 3.63) is 65.2 Å². The molecule has 0 radical (unpaired) electrons. The van der Waals surface area contributed by atoms with Crippen LogP contribution in [0.5, 0.6) is 0 Å². The number of nitrogens with zero attached hydrogens (tertiary/aromatic N) is 3. The van der Waals surface area contributed by atoms with Gasteiger partial charge in [0.2, 0.25) is 29.5 Å². The summed E-state index contributed by atoms with van der Waals surface area (Å²) in [5.74, 6) is -3.46. The number of urea groups is 1. The molecule has 0 saturated carbocycles. The highest BCUT2D eigenvalue weighted by atomic mass is 16.5. The lowest BCUT2D eigenvalue weighted by molar-refractivity contribution is -0.163. The molecule has 4 N–H and O–H groups in total. The normalized spacial score (nSPS) is 27.8. The van der Waals surface area contributed by atoms with Crippen molar-refractivity contribution in [3.63, 3.8) is 0 Å². The number of piperidine rings is 1. The predicted octanol–water partition coefficient (Wildman–Crippen LogP) is 2.58. The smallest absolute Gasteiger partial charge is 0.329 e. The van der Waals surface area contributed by atoms with E-state index in [1.165, 1.54) is 21.6 Å². The van der Waals surface area contributed by atoms with Crippen LogP contribution in [0.15, 0.2) is 48.5 Å². The minimum Gasteiger partial charge on any atom is -0.458 e. The van der Waals surface area contributed by atoms with Crippen LogP contribution in [0.4, 0.5) is 10.5 Å². The minimum absolute atomic E-state index is 0.0553. The van der Waals surface area contributed by atoms with E-state index in [4.69, 9.17) is 4.74 Å². The Morgan fingerprint density at radius 2 is 1.51 bits per heavy atom. The molecule has 0 aliphatic carbocycles. The van der Waals surface area contributed by atoms with Crippen molar-refractivity contribution in [1.29, 1.82) is 0 Å². The number of amides is 7. The van der Waals surface area contributed by atoms with E-state index in [2.05, 4.69) is 21.3 Å². The first kappa shape index (κ1) is 41.2. The van der Waals surface area contributed by atoms with Gasteiger partial charge in [0.25, 0.3) is 0 Å². The summed E-state index contributed by atoms with van der Waals surface area (Å²) in [5, 5.41) is 11.1. The molecule has 6 rings (SSSR count). The number of anilines is 1. The Morgan fingerprint density at radius 1 is 0.807 bits per heavy atom. The average Bonchev–Trinajstić information content (AvgIpc) is 3.83. The topological polar surface area (TPSA) is 187 Å². The summed E-state index contributed by atoms with van der Waals surface area (Å²) in [6.07, 6.45) is 1.76. The van der Waals surface area contributed by atoms with Gasteiger partial charge in [-0.1, -0.05) is 54.4 Å². The number of esters is 1. The van der Waals surface area contributed by atoms with Crippen molar-refractivity contribution in [1.82, 2.24) is 30.7 Å². The first-order valence-corrected chi connectivity index (χ1v) is 20.1. The highest BCUT2D eigenvalue weighted by Gasteiger charge is 2.47. The molecule has 2 aromatic carbocycles. The zero-order valence-corrected chi connectivity index (χ0v) is 33.4. The van der Waals surface area contributed by atoms with Crippen LogP contribution in [-0.4, -0.2) is 118 Å². The molecule has 0 unspecified atom stereocenters. The summed E-state index contributed by atoms with van der Waals surface area (Å²) >= 11 is 0. The van der Waals surface area contributed by atoms with Crippen LogP contribution < -0.4 is 21.3 Å². The minimum atomic E-state index is -1.47. The summed E-state index contributed by atoms with van der Waals surface area (Å²) in [6, 6.07) is 7.65. The van der Waals surface area contributed by atoms with Crippen molar-refractivity contribution in [3.8, 4) is 0 Å². The van der Waals surface area contributed by atoms with Crippen molar-refractivity contribution >= 4 is 47.2 Å². The summed E-state index contributed by atoms with van der Waals surface area (Å²) < 4.78 is 5.97. The number of hydrogen-bond acceptors (Lipinski definition) is 8. The van der Waals surface area contributed by atoms with Gasteiger partial charge in [-0.2, -0.15) is 0 Å². The molecule has 0 spiro atoms. The molecule has 306 valence electrons. The number of fused-ring (bicyclic) bond motifs is 3. The molecule has 4 saturated heterocycles. The van der Waals surface area contributed by atoms with Gasteiger partial charge < -0.3 is 40.7 Å². The van der Waals surface area contributed by atoms with E-state index < -0.39 is 78.0 Å². The molecule has 4 fully saturated rings. The van der Waals surface area contributed by atoms with Gasteiger partial charge in [-0.3, -0.25) is 24.0 Å². The third-order valence-electron chi connectivity index (χ3n) is 11.5. The molecule has 4 aliphatic rings. The number of rotatable bonds is 6. The van der Waals surface area contributed by atoms with E-state index >= 15 is 0 Å². The Kier molecular flexibility index (Phi) is 12.8. The van der Waals surface area contributed by atoms with Crippen LogP contribution in [0.3, 0.4) is 0 Å². The van der Waals surface area contributed by atoms with Gasteiger partial charge in [-0.25, -0.2) is 9.59 Å². The van der Waals surface area contributed by atoms with Gasteiger partial charge >= 0.3 is 12.0 Å². The van der Waals surface area contributed by atoms with Gasteiger partial charge in [0.1, 0.15) is 42.4 Å². The fourth-order valence-electron chi connectivity index (χ4n) is 8.47. The molecule has 7 amide bonds. The van der Waals surface area contributed by atoms with Crippen LogP contribution in [0.25, 0.3) is 0 Å². The molecular weight excluding hydrogens is 731 g/mol. The standard InChI is InChI=1S/C42H55N7O8/c1-24-14-16-30(17-15-24)44-42(56)45-31(22-29-11-8-10-25(2)20-29)36(50)46-35-28(5)57-41(55)34-21-26(3)23-49(34)38(52)27(4)43-37(51)32-12-6-7-18-47(32)39(53)33-13-9-19-48(33)40(35)54/h8,10-11,14-17,20,26-28,31-35H,6-7,9,12-13,18-19,21-23H2,1-5H3,(H,43,51)(H,46,50)(H2,44,45,56)/t26-,27-,28-,31-,32-,33-,34-,35-/m0/s1. The fraction of sp³-hybridized carbons (Fsp3) is 0.548. The van der Waals surface area contributed by atoms with E-state index in [1.54, 1.807) is 19.1 Å². The van der Waals surface area contributed by atoms with Crippen LogP contribution in [0.1, 0.15) is 76.0 Å². The second kappa shape index (κ2) is 17.8. The Balaban J connectivity index is 1.33. The van der Waals surface area contributed by atoms with E-state index in [-0.39, 0.29) is 31.3 Å². The Bertz CT molecular complexity index is 1870. The summed E-state index contributed by atoms with van der Waals surface area (Å²) in [4.78, 5) is 103. The number of nitrogens with one attached hydrogen (secondary N) is 4. The summed E-state index contributed by atoms with van der Waals surface area (Å²) in [5.41, 5.74) is 3.23. The van der Waals surface area contributed by atoms with E-state index in [1.807, 2.05) is 57.2 Å². The Morgan fingerprint density at radius 3 is 2.25 bits per heavy atom. The molecule has 4 aliphatic heterocycles. The predicted molar refractivity (Wildman–Crippen MR) is 210 cm³/mol. The number of aryl methyl sites for hydroxylation is 2. The summed E-state index contributed by atoms with van der Waals surface area (Å²) in [7, 11) is 0. The molecule has 2 aromatic rings. The zero-order valence-electron chi connectivity index (χ0n) is 33.4. The first-order chi connectivity index (χ1) is 27.2. The molecular formula is C42H55N7O8. The second-order valence-electron chi connectivity index (χ2n) is 16.1. The maximum Gasteiger partial charge on any atom is 0.329 e. The highest BCUT2D eigenvalue weighted by Crippen LogP contribution is 2.29. The maximum absolute atomic E-state index is 14.7. The third-order valence-corrected chi connectivity index (χ3v) is 11.5. The van der Waals surface area contributed by atoms with Gasteiger partial charge in [0.15, 0.2) is 0 Å². The third kappa shape index (κ3) is 9.57. The van der Waals surface area contributed by atoms with Crippen LogP contribution in [0.2, 0.25) is 0 Å². The van der Waals surface area contributed by atoms with Gasteiger partial charge in [0.05, 0.1) is 0 Å². The van der Waals surface area contributed by atoms with E-state index in [9.17, 15) is 33.6 Å². The number of cyclic esters (lactones) is 1. The quantitative estimate of drug-likeness (QED) is 0.322.